The first-order valence-corrected chi connectivity index (χ1v) is 12.1. The van der Waals surface area contributed by atoms with Crippen LogP contribution >= 0.6 is 0 Å². The molecule has 3 aromatic rings. The first-order valence-electron chi connectivity index (χ1n) is 12.1. The summed E-state index contributed by atoms with van der Waals surface area (Å²) in [6.07, 6.45) is 3.98. The normalized spacial score (nSPS) is 16.2. The highest BCUT2D eigenvalue weighted by Crippen LogP contribution is 2.32. The summed E-state index contributed by atoms with van der Waals surface area (Å²) in [5, 5.41) is 0. The Morgan fingerprint density at radius 3 is 2.57 bits per heavy atom. The quantitative estimate of drug-likeness (QED) is 0.517. The summed E-state index contributed by atoms with van der Waals surface area (Å²) >= 11 is 0. The van der Waals surface area contributed by atoms with E-state index in [4.69, 9.17) is 5.73 Å². The lowest BCUT2D eigenvalue weighted by Gasteiger charge is -2.30. The van der Waals surface area contributed by atoms with Crippen molar-refractivity contribution in [2.75, 3.05) is 30.3 Å². The molecule has 1 aliphatic heterocycles. The number of aromatic nitrogens is 3. The highest BCUT2D eigenvalue weighted by Gasteiger charge is 2.32. The molecular formula is C26H34N6O3. The van der Waals surface area contributed by atoms with Gasteiger partial charge in [0.2, 0.25) is 5.91 Å². The molecular weight excluding hydrogens is 444 g/mol. The summed E-state index contributed by atoms with van der Waals surface area (Å²) in [5.41, 5.74) is 7.23. The van der Waals surface area contributed by atoms with Crippen molar-refractivity contribution >= 4 is 17.4 Å². The zero-order valence-corrected chi connectivity index (χ0v) is 20.6. The number of aryl methyl sites for hydroxylation is 1. The number of nitrogens with zero attached hydrogens (tertiary/aromatic N) is 4. The average molecular weight is 479 g/mol. The molecule has 1 atom stereocenters. The standard InChI is InChI=1S/C26H34N6O3/c1-18(2)15-31(22(33)17-30-14-8-12-21(30)20-11-7-13-29(20)3)23-24(27)32(26(35)28-25(23)34)16-19-9-5-4-6-10-19/h4-7,9-11,13,18,21H,8,12,14-17,27H2,1-3H3,(H,28,34,35). The van der Waals surface area contributed by atoms with E-state index in [9.17, 15) is 14.4 Å². The van der Waals surface area contributed by atoms with Gasteiger partial charge in [0.05, 0.1) is 19.1 Å². The SMILES string of the molecule is CC(C)CN(C(=O)CN1CCCC1c1cccn1C)c1c(N)n(Cc2ccccc2)c(=O)[nH]c1=O. The minimum Gasteiger partial charge on any atom is -0.383 e. The molecule has 0 aliphatic carbocycles. The molecule has 9 heteroatoms. The molecule has 0 radical (unpaired) electrons. The molecule has 35 heavy (non-hydrogen) atoms. The Balaban J connectivity index is 1.67. The van der Waals surface area contributed by atoms with E-state index in [1.54, 1.807) is 0 Å². The van der Waals surface area contributed by atoms with Crippen LogP contribution in [0.25, 0.3) is 0 Å². The molecule has 9 nitrogen and oxygen atoms in total. The zero-order valence-electron chi connectivity index (χ0n) is 20.6. The fourth-order valence-corrected chi connectivity index (χ4v) is 4.87. The summed E-state index contributed by atoms with van der Waals surface area (Å²) in [4.78, 5) is 45.3. The fourth-order valence-electron chi connectivity index (χ4n) is 4.87. The van der Waals surface area contributed by atoms with E-state index >= 15 is 0 Å². The monoisotopic (exact) mass is 478 g/mol. The van der Waals surface area contributed by atoms with E-state index in [1.165, 1.54) is 15.2 Å². The summed E-state index contributed by atoms with van der Waals surface area (Å²) in [6.45, 7) is 5.44. The topological polar surface area (TPSA) is 109 Å². The van der Waals surface area contributed by atoms with Gasteiger partial charge in [-0.3, -0.25) is 24.0 Å². The summed E-state index contributed by atoms with van der Waals surface area (Å²) in [6, 6.07) is 13.6. The van der Waals surface area contributed by atoms with E-state index in [0.29, 0.717) is 6.54 Å². The maximum absolute atomic E-state index is 13.7. The van der Waals surface area contributed by atoms with E-state index in [2.05, 4.69) is 20.5 Å². The molecule has 1 saturated heterocycles. The number of aromatic amines is 1. The molecule has 2 aromatic heterocycles. The number of nitrogen functional groups attached to an aromatic ring is 1. The Hall–Kier alpha value is -3.59. The number of nitrogens with two attached hydrogens (primary N) is 1. The predicted molar refractivity (Wildman–Crippen MR) is 137 cm³/mol. The van der Waals surface area contributed by atoms with Gasteiger partial charge in [-0.25, -0.2) is 4.79 Å². The number of benzene rings is 1. The third-order valence-corrected chi connectivity index (χ3v) is 6.54. The van der Waals surface area contributed by atoms with Gasteiger partial charge in [0, 0.05) is 25.5 Å². The van der Waals surface area contributed by atoms with Gasteiger partial charge < -0.3 is 15.2 Å². The van der Waals surface area contributed by atoms with Crippen molar-refractivity contribution in [1.82, 2.24) is 19.0 Å². The molecule has 3 heterocycles. The molecule has 1 unspecified atom stereocenters. The smallest absolute Gasteiger partial charge is 0.330 e. The zero-order chi connectivity index (χ0) is 25.1. The summed E-state index contributed by atoms with van der Waals surface area (Å²) in [7, 11) is 2.01. The van der Waals surface area contributed by atoms with Crippen LogP contribution < -0.4 is 21.9 Å². The summed E-state index contributed by atoms with van der Waals surface area (Å²) < 4.78 is 3.40. The Labute approximate surface area is 204 Å². The lowest BCUT2D eigenvalue weighted by atomic mass is 10.1. The van der Waals surface area contributed by atoms with Gasteiger partial charge in [-0.2, -0.15) is 0 Å². The number of H-pyrrole nitrogens is 1. The highest BCUT2D eigenvalue weighted by atomic mass is 16.2. The first kappa shape index (κ1) is 24.5. The van der Waals surface area contributed by atoms with Gasteiger partial charge in [0.1, 0.15) is 5.82 Å². The van der Waals surface area contributed by atoms with Crippen LogP contribution in [-0.2, 0) is 18.4 Å². The third kappa shape index (κ3) is 5.24. The van der Waals surface area contributed by atoms with Gasteiger partial charge >= 0.3 is 5.69 Å². The highest BCUT2D eigenvalue weighted by molar-refractivity contribution is 5.97. The van der Waals surface area contributed by atoms with Crippen molar-refractivity contribution in [3.05, 3.63) is 80.8 Å². The van der Waals surface area contributed by atoms with Crippen molar-refractivity contribution in [3.8, 4) is 0 Å². The molecule has 1 fully saturated rings. The van der Waals surface area contributed by atoms with Crippen LogP contribution in [0.1, 0.15) is 44.0 Å². The van der Waals surface area contributed by atoms with Gasteiger partial charge in [-0.15, -0.1) is 0 Å². The van der Waals surface area contributed by atoms with Crippen molar-refractivity contribution in [3.63, 3.8) is 0 Å². The van der Waals surface area contributed by atoms with Crippen LogP contribution in [0, 0.1) is 5.92 Å². The van der Waals surface area contributed by atoms with Crippen molar-refractivity contribution in [2.24, 2.45) is 13.0 Å². The molecule has 1 aromatic carbocycles. The largest absolute Gasteiger partial charge is 0.383 e. The van der Waals surface area contributed by atoms with Crippen LogP contribution in [0.3, 0.4) is 0 Å². The molecule has 1 aliphatic rings. The summed E-state index contributed by atoms with van der Waals surface area (Å²) in [5.74, 6) is -0.117. The van der Waals surface area contributed by atoms with Gasteiger partial charge in [-0.05, 0) is 43.0 Å². The Morgan fingerprint density at radius 2 is 1.91 bits per heavy atom. The molecule has 1 amide bonds. The Kier molecular flexibility index (Phi) is 7.25. The minimum absolute atomic E-state index is 0.00277. The Bertz CT molecular complexity index is 1290. The number of hydrogen-bond acceptors (Lipinski definition) is 5. The molecule has 0 saturated carbocycles. The molecule has 3 N–H and O–H groups in total. The van der Waals surface area contributed by atoms with Crippen LogP contribution in [0.5, 0.6) is 0 Å². The maximum atomic E-state index is 13.7. The number of likely N-dealkylation sites (tertiary alicyclic amines) is 1. The number of hydrogen-bond donors (Lipinski definition) is 2. The van der Waals surface area contributed by atoms with Gasteiger partial charge in [0.25, 0.3) is 5.56 Å². The molecule has 0 spiro atoms. The number of carbonyl (C=O) groups is 1. The van der Waals surface area contributed by atoms with Crippen LogP contribution in [0.4, 0.5) is 11.5 Å². The molecule has 0 bridgehead atoms. The lowest BCUT2D eigenvalue weighted by Crippen LogP contribution is -2.46. The molecule has 4 rings (SSSR count). The number of nitrogens with one attached hydrogen (secondary N) is 1. The van der Waals surface area contributed by atoms with Crippen LogP contribution in [0.15, 0.2) is 58.3 Å². The van der Waals surface area contributed by atoms with Crippen LogP contribution in [-0.4, -0.2) is 44.6 Å². The first-order chi connectivity index (χ1) is 16.8. The number of amides is 1. The van der Waals surface area contributed by atoms with Crippen LogP contribution in [0.2, 0.25) is 0 Å². The van der Waals surface area contributed by atoms with Crippen molar-refractivity contribution < 1.29 is 4.79 Å². The second-order valence-electron chi connectivity index (χ2n) is 9.64. The number of rotatable bonds is 8. The van der Waals surface area contributed by atoms with Crippen molar-refractivity contribution in [2.45, 2.75) is 39.3 Å². The second-order valence-corrected chi connectivity index (χ2v) is 9.64. The molecule has 186 valence electrons. The minimum atomic E-state index is -0.647. The third-order valence-electron chi connectivity index (χ3n) is 6.54. The van der Waals surface area contributed by atoms with E-state index < -0.39 is 11.2 Å². The van der Waals surface area contributed by atoms with Gasteiger partial charge in [0.15, 0.2) is 5.69 Å². The van der Waals surface area contributed by atoms with E-state index in [-0.39, 0.29) is 42.5 Å². The maximum Gasteiger partial charge on any atom is 0.330 e. The van der Waals surface area contributed by atoms with Gasteiger partial charge in [-0.1, -0.05) is 44.2 Å². The second kappa shape index (κ2) is 10.4. The average Bonchev–Trinajstić information content (AvgIpc) is 3.44. The number of anilines is 2. The number of carbonyl (C=O) groups excluding carboxylic acids is 1. The lowest BCUT2D eigenvalue weighted by molar-refractivity contribution is -0.120. The van der Waals surface area contributed by atoms with E-state index in [1.807, 2.05) is 63.5 Å². The Morgan fingerprint density at radius 1 is 1.17 bits per heavy atom. The van der Waals surface area contributed by atoms with E-state index in [0.717, 1.165) is 24.9 Å². The van der Waals surface area contributed by atoms with Crippen molar-refractivity contribution in [1.29, 1.82) is 0 Å². The predicted octanol–water partition coefficient (Wildman–Crippen LogP) is 2.33. The fraction of sp³-hybridized carbons (Fsp3) is 0.423.